The number of anilines is 3. The average Bonchev–Trinajstić information content (AvgIpc) is 3.81. The Morgan fingerprint density at radius 2 is 0.929 bits per heavy atom. The van der Waals surface area contributed by atoms with E-state index in [-0.39, 0.29) is 0 Å². The quantitative estimate of drug-likeness (QED) is 0.0765. The van der Waals surface area contributed by atoms with Crippen LogP contribution in [0.4, 0.5) is 17.1 Å². The summed E-state index contributed by atoms with van der Waals surface area (Å²) in [5.74, 6) is 7.31. The highest BCUT2D eigenvalue weighted by molar-refractivity contribution is 9.10. The molecule has 0 aliphatic carbocycles. The van der Waals surface area contributed by atoms with E-state index in [0.717, 1.165) is 88.8 Å². The van der Waals surface area contributed by atoms with Crippen LogP contribution in [0.2, 0.25) is 0 Å². The van der Waals surface area contributed by atoms with Crippen LogP contribution in [0.15, 0.2) is 85.7 Å². The Hall–Kier alpha value is -2.76. The summed E-state index contributed by atoms with van der Waals surface area (Å²) in [6, 6.07) is 26.3. The molecule has 0 N–H and O–H groups in total. The number of rotatable bonds is 19. The van der Waals surface area contributed by atoms with Crippen molar-refractivity contribution < 1.29 is 18.9 Å². The number of hydrogen-bond acceptors (Lipinski definition) is 9. The summed E-state index contributed by atoms with van der Waals surface area (Å²) in [6.07, 6.45) is 10.1. The van der Waals surface area contributed by atoms with E-state index >= 15 is 0 Å². The second kappa shape index (κ2) is 20.3. The van der Waals surface area contributed by atoms with Gasteiger partial charge in [-0.05, 0) is 84.3 Å². The molecule has 7 rings (SSSR count). The highest BCUT2D eigenvalue weighted by Crippen LogP contribution is 2.55. The van der Waals surface area contributed by atoms with Crippen molar-refractivity contribution in [1.29, 1.82) is 0 Å². The fourth-order valence-electron chi connectivity index (χ4n) is 7.16. The fourth-order valence-corrected chi connectivity index (χ4v) is 12.8. The highest BCUT2D eigenvalue weighted by Gasteiger charge is 2.28. The van der Waals surface area contributed by atoms with Gasteiger partial charge in [-0.15, -0.1) is 46.2 Å². The number of thioether (sulfide) groups is 2. The summed E-state index contributed by atoms with van der Waals surface area (Å²) in [7, 11) is 0. The van der Waals surface area contributed by atoms with E-state index in [0.29, 0.717) is 26.4 Å². The van der Waals surface area contributed by atoms with Gasteiger partial charge in [-0.1, -0.05) is 106 Å². The van der Waals surface area contributed by atoms with Crippen LogP contribution in [-0.2, 0) is 0 Å². The first kappa shape index (κ1) is 41.4. The SMILES string of the molecule is CCCCC(CC)CSc1sc(-c2ccc(N(c3ccc(Br)cc3)c3ccc(-c4sc(SCC(CC)CCCC)c5c4OCCO5)cc3)cc2)c2c1OCCO2. The zero-order chi connectivity index (χ0) is 38.9. The Morgan fingerprint density at radius 1 is 0.554 bits per heavy atom. The first-order chi connectivity index (χ1) is 27.5. The smallest absolute Gasteiger partial charge is 0.186 e. The van der Waals surface area contributed by atoms with Gasteiger partial charge in [-0.2, -0.15) is 0 Å². The molecule has 56 heavy (non-hydrogen) atoms. The van der Waals surface area contributed by atoms with E-state index in [1.165, 1.54) is 59.8 Å². The molecule has 5 aromatic rings. The zero-order valence-electron chi connectivity index (χ0n) is 33.1. The number of fused-ring (bicyclic) bond motifs is 2. The summed E-state index contributed by atoms with van der Waals surface area (Å²) in [5, 5.41) is 0. The second-order valence-electron chi connectivity index (χ2n) is 14.5. The van der Waals surface area contributed by atoms with Crippen LogP contribution in [0.3, 0.4) is 0 Å². The molecule has 0 spiro atoms. The van der Waals surface area contributed by atoms with E-state index in [4.69, 9.17) is 18.9 Å². The summed E-state index contributed by atoms with van der Waals surface area (Å²) in [4.78, 5) is 4.60. The molecule has 2 aliphatic heterocycles. The number of unbranched alkanes of at least 4 members (excludes halogenated alkanes) is 2. The lowest BCUT2D eigenvalue weighted by Crippen LogP contribution is -2.15. The minimum atomic E-state index is 0.576. The molecule has 298 valence electrons. The van der Waals surface area contributed by atoms with Crippen LogP contribution < -0.4 is 23.8 Å². The highest BCUT2D eigenvalue weighted by atomic mass is 79.9. The first-order valence-electron chi connectivity index (χ1n) is 20.4. The van der Waals surface area contributed by atoms with Gasteiger partial charge in [0, 0.05) is 33.0 Å². The third kappa shape index (κ3) is 9.74. The molecule has 0 radical (unpaired) electrons. The molecule has 4 heterocycles. The van der Waals surface area contributed by atoms with E-state index in [2.05, 4.69) is 121 Å². The van der Waals surface area contributed by atoms with Crippen LogP contribution in [0.5, 0.6) is 23.0 Å². The molecule has 2 aromatic heterocycles. The molecule has 0 amide bonds. The Labute approximate surface area is 359 Å². The lowest BCUT2D eigenvalue weighted by Gasteiger charge is -2.26. The molecule has 3 aromatic carbocycles. The Bertz CT molecular complexity index is 1870. The van der Waals surface area contributed by atoms with Crippen LogP contribution in [0.25, 0.3) is 20.9 Å². The van der Waals surface area contributed by atoms with Crippen LogP contribution in [0.1, 0.15) is 79.1 Å². The van der Waals surface area contributed by atoms with Crippen molar-refractivity contribution in [2.24, 2.45) is 11.8 Å². The molecule has 10 heteroatoms. The Morgan fingerprint density at radius 3 is 1.30 bits per heavy atom. The number of benzene rings is 3. The lowest BCUT2D eigenvalue weighted by atomic mass is 10.0. The van der Waals surface area contributed by atoms with Gasteiger partial charge in [0.1, 0.15) is 34.8 Å². The summed E-state index contributed by atoms with van der Waals surface area (Å²) in [6.45, 7) is 11.5. The van der Waals surface area contributed by atoms with Crippen molar-refractivity contribution in [3.05, 3.63) is 77.3 Å². The monoisotopic (exact) mass is 891 g/mol. The number of nitrogens with zero attached hydrogens (tertiary/aromatic N) is 1. The summed E-state index contributed by atoms with van der Waals surface area (Å²) < 4.78 is 28.6. The molecular formula is C46H54BrNO4S4. The molecule has 0 saturated carbocycles. The number of ether oxygens (including phenoxy) is 4. The van der Waals surface area contributed by atoms with Crippen molar-refractivity contribution in [2.75, 3.05) is 42.8 Å². The number of hydrogen-bond donors (Lipinski definition) is 0. The lowest BCUT2D eigenvalue weighted by molar-refractivity contribution is 0.170. The van der Waals surface area contributed by atoms with Gasteiger partial charge < -0.3 is 23.8 Å². The van der Waals surface area contributed by atoms with Crippen molar-refractivity contribution >= 4 is 79.2 Å². The maximum atomic E-state index is 6.28. The van der Waals surface area contributed by atoms with Crippen molar-refractivity contribution in [2.45, 2.75) is 87.5 Å². The molecule has 2 aliphatic rings. The summed E-state index contributed by atoms with van der Waals surface area (Å²) >= 11 is 11.1. The molecule has 2 unspecified atom stereocenters. The van der Waals surface area contributed by atoms with Gasteiger partial charge in [0.05, 0.1) is 9.75 Å². The molecule has 5 nitrogen and oxygen atoms in total. The minimum Gasteiger partial charge on any atom is -0.485 e. The van der Waals surface area contributed by atoms with Crippen molar-refractivity contribution in [3.63, 3.8) is 0 Å². The van der Waals surface area contributed by atoms with Gasteiger partial charge in [-0.3, -0.25) is 0 Å². The van der Waals surface area contributed by atoms with E-state index in [1.807, 2.05) is 23.5 Å². The van der Waals surface area contributed by atoms with E-state index in [9.17, 15) is 0 Å². The van der Waals surface area contributed by atoms with Gasteiger partial charge >= 0.3 is 0 Å². The number of thiophene rings is 2. The van der Waals surface area contributed by atoms with Crippen LogP contribution >= 0.6 is 62.1 Å². The van der Waals surface area contributed by atoms with E-state index in [1.54, 1.807) is 22.7 Å². The topological polar surface area (TPSA) is 40.2 Å². The summed E-state index contributed by atoms with van der Waals surface area (Å²) in [5.41, 5.74) is 5.54. The van der Waals surface area contributed by atoms with Crippen LogP contribution in [-0.4, -0.2) is 37.9 Å². The normalized spacial score (nSPS) is 14.4. The van der Waals surface area contributed by atoms with Gasteiger partial charge in [0.2, 0.25) is 0 Å². The fraction of sp³-hybridized carbons (Fsp3) is 0.435. The Kier molecular flexibility index (Phi) is 15.0. The minimum absolute atomic E-state index is 0.576. The van der Waals surface area contributed by atoms with Gasteiger partial charge in [0.25, 0.3) is 0 Å². The number of halogens is 1. The predicted molar refractivity (Wildman–Crippen MR) is 245 cm³/mol. The third-order valence-electron chi connectivity index (χ3n) is 10.6. The van der Waals surface area contributed by atoms with Crippen molar-refractivity contribution in [3.8, 4) is 43.9 Å². The molecule has 2 atom stereocenters. The van der Waals surface area contributed by atoms with Crippen molar-refractivity contribution in [1.82, 2.24) is 0 Å². The average molecular weight is 893 g/mol. The maximum absolute atomic E-state index is 6.28. The third-order valence-corrected chi connectivity index (χ3v) is 16.5. The predicted octanol–water partition coefficient (Wildman–Crippen LogP) is 15.5. The molecule has 0 fully saturated rings. The zero-order valence-corrected chi connectivity index (χ0v) is 37.9. The second-order valence-corrected chi connectivity index (χ2v) is 20.0. The van der Waals surface area contributed by atoms with Gasteiger partial charge in [0.15, 0.2) is 23.0 Å². The largest absolute Gasteiger partial charge is 0.485 e. The van der Waals surface area contributed by atoms with Crippen LogP contribution in [0, 0.1) is 11.8 Å². The molecule has 0 saturated heterocycles. The molecule has 0 bridgehead atoms. The maximum Gasteiger partial charge on any atom is 0.186 e. The standard InChI is InChI=1S/C46H54BrNO4S4/c1-5-9-11-31(7-3)29-53-45-41-39(49-25-27-51-41)43(55-45)33-13-19-36(20-14-33)48(38-23-17-35(47)18-24-38)37-21-15-34(16-22-37)44-40-42(52-28-26-50-40)46(56-44)54-30-32(8-4)12-10-6-2/h13-24,31-32H,5-12,25-30H2,1-4H3. The molecular weight excluding hydrogens is 839 g/mol. The Balaban J connectivity index is 1.15. The first-order valence-corrected chi connectivity index (χ1v) is 24.8. The van der Waals surface area contributed by atoms with Gasteiger partial charge in [-0.25, -0.2) is 0 Å². The van der Waals surface area contributed by atoms with E-state index < -0.39 is 0 Å².